The van der Waals surface area contributed by atoms with Gasteiger partial charge in [0.15, 0.2) is 9.84 Å². The highest BCUT2D eigenvalue weighted by Gasteiger charge is 2.42. The summed E-state index contributed by atoms with van der Waals surface area (Å²) in [5.74, 6) is -0.556. The third kappa shape index (κ3) is 1.48. The molecule has 0 N–H and O–H groups in total. The molecule has 0 spiro atoms. The van der Waals surface area contributed by atoms with E-state index in [9.17, 15) is 18.5 Å². The molecule has 0 aromatic heterocycles. The van der Waals surface area contributed by atoms with E-state index in [0.29, 0.717) is 0 Å². The van der Waals surface area contributed by atoms with Crippen molar-refractivity contribution in [2.24, 2.45) is 0 Å². The molecule has 1 atom stereocenters. The number of nitrogens with zero attached hydrogens (tertiary/aromatic N) is 1. The quantitative estimate of drug-likeness (QED) is 0.526. The van der Waals surface area contributed by atoms with E-state index in [4.69, 9.17) is 11.6 Å². The van der Waals surface area contributed by atoms with Crippen LogP contribution in [0.3, 0.4) is 0 Å². The van der Waals surface area contributed by atoms with Gasteiger partial charge in [0.1, 0.15) is 14.6 Å². The molecule has 68 valence electrons. The molecule has 1 aliphatic heterocycles. The summed E-state index contributed by atoms with van der Waals surface area (Å²) >= 11 is 8.11. The summed E-state index contributed by atoms with van der Waals surface area (Å²) < 4.78 is 21.7. The molecule has 0 bridgehead atoms. The fraction of sp³-hybridized carbons (Fsp3) is 0.500. The van der Waals surface area contributed by atoms with Crippen molar-refractivity contribution in [2.75, 3.05) is 5.75 Å². The molecule has 0 aromatic rings. The molecule has 0 amide bonds. The van der Waals surface area contributed by atoms with Gasteiger partial charge in [-0.2, -0.15) is 0 Å². The number of hydrogen-bond donors (Lipinski definition) is 0. The minimum atomic E-state index is -3.55. The van der Waals surface area contributed by atoms with Gasteiger partial charge in [-0.3, -0.25) is 10.1 Å². The standard InChI is InChI=1S/C4H3BrClNO4S/c5-4-3(6)2(7(8)9)1-12(4,10)11/h2H,1H2. The minimum Gasteiger partial charge on any atom is -0.264 e. The predicted molar refractivity (Wildman–Crippen MR) is 46.4 cm³/mol. The van der Waals surface area contributed by atoms with Crippen LogP contribution in [0.25, 0.3) is 0 Å². The Balaban J connectivity index is 3.17. The van der Waals surface area contributed by atoms with Crippen LogP contribution in [0.2, 0.25) is 0 Å². The average molecular weight is 276 g/mol. The van der Waals surface area contributed by atoms with Crippen LogP contribution in [-0.4, -0.2) is 25.1 Å². The zero-order chi connectivity index (χ0) is 9.52. The van der Waals surface area contributed by atoms with E-state index in [2.05, 4.69) is 15.9 Å². The maximum absolute atomic E-state index is 11.0. The summed E-state index contributed by atoms with van der Waals surface area (Å²) in [5, 5.41) is 10.00. The Morgan fingerprint density at radius 3 is 2.33 bits per heavy atom. The summed E-state index contributed by atoms with van der Waals surface area (Å²) in [6, 6.07) is -1.31. The molecule has 0 aromatic carbocycles. The van der Waals surface area contributed by atoms with Gasteiger partial charge >= 0.3 is 0 Å². The maximum atomic E-state index is 11.0. The van der Waals surface area contributed by atoms with Crippen molar-refractivity contribution >= 4 is 37.4 Å². The van der Waals surface area contributed by atoms with Crippen LogP contribution in [0, 0.1) is 10.1 Å². The van der Waals surface area contributed by atoms with E-state index in [-0.39, 0.29) is 8.85 Å². The maximum Gasteiger partial charge on any atom is 0.264 e. The molecular weight excluding hydrogens is 273 g/mol. The van der Waals surface area contributed by atoms with Crippen LogP contribution in [0.5, 0.6) is 0 Å². The highest BCUT2D eigenvalue weighted by atomic mass is 79.9. The van der Waals surface area contributed by atoms with Crippen LogP contribution < -0.4 is 0 Å². The summed E-state index contributed by atoms with van der Waals surface area (Å²) in [6.45, 7) is 0. The van der Waals surface area contributed by atoms with E-state index >= 15 is 0 Å². The summed E-state index contributed by atoms with van der Waals surface area (Å²) in [6.07, 6.45) is 0. The normalized spacial score (nSPS) is 27.7. The lowest BCUT2D eigenvalue weighted by Crippen LogP contribution is -2.22. The Hall–Kier alpha value is -0.140. The summed E-state index contributed by atoms with van der Waals surface area (Å²) in [4.78, 5) is 9.53. The molecule has 5 nitrogen and oxygen atoms in total. The van der Waals surface area contributed by atoms with Crippen molar-refractivity contribution in [2.45, 2.75) is 6.04 Å². The van der Waals surface area contributed by atoms with Crippen molar-refractivity contribution in [1.82, 2.24) is 0 Å². The van der Waals surface area contributed by atoms with E-state index in [0.717, 1.165) is 0 Å². The van der Waals surface area contributed by atoms with Gasteiger partial charge < -0.3 is 0 Å². The minimum absolute atomic E-state index is 0.250. The molecule has 0 saturated heterocycles. The van der Waals surface area contributed by atoms with Gasteiger partial charge in [0.2, 0.25) is 0 Å². The van der Waals surface area contributed by atoms with Crippen LogP contribution in [0.4, 0.5) is 0 Å². The molecular formula is C4H3BrClNO4S. The third-order valence-corrected chi connectivity index (χ3v) is 5.59. The molecule has 0 saturated carbocycles. The second kappa shape index (κ2) is 2.97. The van der Waals surface area contributed by atoms with Gasteiger partial charge in [-0.15, -0.1) is 0 Å². The molecule has 12 heavy (non-hydrogen) atoms. The lowest BCUT2D eigenvalue weighted by Gasteiger charge is -1.96. The number of halogens is 2. The smallest absolute Gasteiger partial charge is 0.264 e. The second-order valence-electron chi connectivity index (χ2n) is 2.20. The number of hydrogen-bond acceptors (Lipinski definition) is 4. The Morgan fingerprint density at radius 2 is 2.17 bits per heavy atom. The largest absolute Gasteiger partial charge is 0.264 e. The van der Waals surface area contributed by atoms with Gasteiger partial charge in [0.05, 0.1) is 0 Å². The highest BCUT2D eigenvalue weighted by molar-refractivity contribution is 9.13. The highest BCUT2D eigenvalue weighted by Crippen LogP contribution is 2.34. The Morgan fingerprint density at radius 1 is 1.67 bits per heavy atom. The van der Waals surface area contributed by atoms with Crippen molar-refractivity contribution in [3.8, 4) is 0 Å². The Bertz CT molecular complexity index is 361. The molecule has 1 unspecified atom stereocenters. The van der Waals surface area contributed by atoms with Gasteiger partial charge in [0, 0.05) is 4.92 Å². The molecule has 0 radical (unpaired) electrons. The molecule has 0 fully saturated rings. The van der Waals surface area contributed by atoms with Crippen LogP contribution >= 0.6 is 27.5 Å². The van der Waals surface area contributed by atoms with Crippen LogP contribution in [-0.2, 0) is 9.84 Å². The monoisotopic (exact) mass is 275 g/mol. The van der Waals surface area contributed by atoms with Crippen molar-refractivity contribution < 1.29 is 13.3 Å². The van der Waals surface area contributed by atoms with E-state index in [1.807, 2.05) is 0 Å². The lowest BCUT2D eigenvalue weighted by molar-refractivity contribution is -0.504. The van der Waals surface area contributed by atoms with E-state index in [1.165, 1.54) is 0 Å². The average Bonchev–Trinajstić information content (AvgIpc) is 2.14. The number of rotatable bonds is 1. The first-order valence-electron chi connectivity index (χ1n) is 2.77. The first-order valence-corrected chi connectivity index (χ1v) is 5.60. The Labute approximate surface area is 81.6 Å². The van der Waals surface area contributed by atoms with E-state index in [1.54, 1.807) is 0 Å². The second-order valence-corrected chi connectivity index (χ2v) is 5.90. The SMILES string of the molecule is O=[N+]([O-])C1CS(=O)(=O)C(Br)=C1Cl. The van der Waals surface area contributed by atoms with Gasteiger partial charge in [0.25, 0.3) is 6.04 Å². The van der Waals surface area contributed by atoms with Crippen LogP contribution in [0.15, 0.2) is 8.85 Å². The Kier molecular flexibility index (Phi) is 2.46. The first kappa shape index (κ1) is 9.94. The molecule has 0 aliphatic carbocycles. The lowest BCUT2D eigenvalue weighted by atomic mass is 10.4. The summed E-state index contributed by atoms with van der Waals surface area (Å²) in [5.41, 5.74) is 0. The number of nitro groups is 1. The fourth-order valence-corrected chi connectivity index (χ4v) is 3.33. The van der Waals surface area contributed by atoms with Crippen LogP contribution in [0.1, 0.15) is 0 Å². The van der Waals surface area contributed by atoms with Crippen molar-refractivity contribution in [1.29, 1.82) is 0 Å². The third-order valence-electron chi connectivity index (χ3n) is 1.39. The van der Waals surface area contributed by atoms with Gasteiger partial charge in [-0.05, 0) is 15.9 Å². The zero-order valence-electron chi connectivity index (χ0n) is 5.53. The first-order chi connectivity index (χ1) is 5.36. The number of sulfone groups is 1. The van der Waals surface area contributed by atoms with Crippen molar-refractivity contribution in [3.05, 3.63) is 19.0 Å². The predicted octanol–water partition coefficient (Wildman–Crippen LogP) is 0.863. The topological polar surface area (TPSA) is 77.3 Å². The van der Waals surface area contributed by atoms with E-state index < -0.39 is 26.6 Å². The van der Waals surface area contributed by atoms with Crippen molar-refractivity contribution in [3.63, 3.8) is 0 Å². The summed E-state index contributed by atoms with van der Waals surface area (Å²) in [7, 11) is -3.55. The molecule has 1 aliphatic rings. The zero-order valence-corrected chi connectivity index (χ0v) is 8.69. The molecule has 1 heterocycles. The fourth-order valence-electron chi connectivity index (χ4n) is 0.787. The molecule has 1 rings (SSSR count). The van der Waals surface area contributed by atoms with Gasteiger partial charge in [-0.1, -0.05) is 11.6 Å². The molecule has 8 heteroatoms. The van der Waals surface area contributed by atoms with Gasteiger partial charge in [-0.25, -0.2) is 8.42 Å².